The van der Waals surface area contributed by atoms with Crippen molar-refractivity contribution in [2.45, 2.75) is 13.0 Å². The van der Waals surface area contributed by atoms with Crippen LogP contribution in [-0.2, 0) is 13.0 Å². The normalized spacial score (nSPS) is 13.6. The maximum atomic E-state index is 11.0. The number of carbonyl (C=O) groups excluding carboxylic acids is 1. The van der Waals surface area contributed by atoms with E-state index in [1.165, 1.54) is 23.5 Å². The Hall–Kier alpha value is -2.18. The summed E-state index contributed by atoms with van der Waals surface area (Å²) in [6, 6.07) is 3.97. The van der Waals surface area contributed by atoms with Gasteiger partial charge in [0.05, 0.1) is 16.3 Å². The van der Waals surface area contributed by atoms with Crippen LogP contribution in [0.15, 0.2) is 24.5 Å². The van der Waals surface area contributed by atoms with Crippen LogP contribution in [0.2, 0.25) is 5.02 Å². The van der Waals surface area contributed by atoms with Crippen molar-refractivity contribution in [3.05, 3.63) is 46.2 Å². The average molecular weight is 304 g/mol. The Morgan fingerprint density at radius 1 is 1.29 bits per heavy atom. The molecule has 0 fully saturated rings. The molecule has 7 heteroatoms. The van der Waals surface area contributed by atoms with Crippen LogP contribution in [0.3, 0.4) is 0 Å². The number of primary amides is 1. The van der Waals surface area contributed by atoms with Crippen molar-refractivity contribution in [3.8, 4) is 0 Å². The number of rotatable bonds is 3. The smallest absolute Gasteiger partial charge is 0.251 e. The Morgan fingerprint density at radius 2 is 2.05 bits per heavy atom. The van der Waals surface area contributed by atoms with E-state index < -0.39 is 5.91 Å². The number of nitrogens with zero attached hydrogens (tertiary/aromatic N) is 2. The van der Waals surface area contributed by atoms with E-state index in [1.807, 2.05) is 12.1 Å². The highest BCUT2D eigenvalue weighted by Crippen LogP contribution is 2.29. The second-order valence-corrected chi connectivity index (χ2v) is 5.22. The van der Waals surface area contributed by atoms with E-state index in [-0.39, 0.29) is 5.56 Å². The molecule has 3 rings (SSSR count). The zero-order valence-electron chi connectivity index (χ0n) is 11.2. The lowest BCUT2D eigenvalue weighted by atomic mass is 10.0. The highest BCUT2D eigenvalue weighted by Gasteiger charge is 2.13. The van der Waals surface area contributed by atoms with Gasteiger partial charge >= 0.3 is 0 Å². The number of amides is 1. The van der Waals surface area contributed by atoms with E-state index in [0.29, 0.717) is 11.0 Å². The third-order valence-electron chi connectivity index (χ3n) is 3.36. The number of benzene rings is 1. The predicted molar refractivity (Wildman–Crippen MR) is 80.7 cm³/mol. The molecule has 0 bridgehead atoms. The first-order valence-electron chi connectivity index (χ1n) is 6.54. The lowest BCUT2D eigenvalue weighted by molar-refractivity contribution is 0.0999. The molecular weight excluding hydrogens is 290 g/mol. The zero-order valence-corrected chi connectivity index (χ0v) is 11.9. The number of carbonyl (C=O) groups is 1. The van der Waals surface area contributed by atoms with Crippen molar-refractivity contribution >= 4 is 29.1 Å². The molecule has 1 aliphatic rings. The molecular formula is C14H14ClN5O. The molecule has 2 aromatic rings. The Labute approximate surface area is 126 Å². The number of halogens is 1. The molecule has 0 atom stereocenters. The Morgan fingerprint density at radius 3 is 2.76 bits per heavy atom. The Bertz CT molecular complexity index is 687. The van der Waals surface area contributed by atoms with Crippen molar-refractivity contribution in [1.82, 2.24) is 15.3 Å². The van der Waals surface area contributed by atoms with Crippen molar-refractivity contribution in [3.63, 3.8) is 0 Å². The molecule has 6 nitrogen and oxygen atoms in total. The largest absolute Gasteiger partial charge is 0.366 e. The Balaban J connectivity index is 1.85. The number of hydrogen-bond donors (Lipinski definition) is 3. The average Bonchev–Trinajstić information content (AvgIpc) is 2.48. The van der Waals surface area contributed by atoms with E-state index in [0.717, 1.165) is 25.2 Å². The van der Waals surface area contributed by atoms with Gasteiger partial charge in [0, 0.05) is 18.9 Å². The third kappa shape index (κ3) is 2.96. The maximum Gasteiger partial charge on any atom is 0.251 e. The summed E-state index contributed by atoms with van der Waals surface area (Å²) in [5, 5.41) is 6.98. The summed E-state index contributed by atoms with van der Waals surface area (Å²) in [6.07, 6.45) is 3.73. The van der Waals surface area contributed by atoms with Crippen LogP contribution in [-0.4, -0.2) is 22.4 Å². The first-order valence-corrected chi connectivity index (χ1v) is 6.92. The predicted octanol–water partition coefficient (Wildman–Crippen LogP) is 1.62. The molecule has 2 heterocycles. The number of anilines is 2. The minimum absolute atomic E-state index is 0.267. The van der Waals surface area contributed by atoms with Gasteiger partial charge in [-0.2, -0.15) is 0 Å². The highest BCUT2D eigenvalue weighted by atomic mass is 35.5. The van der Waals surface area contributed by atoms with E-state index in [2.05, 4.69) is 20.6 Å². The number of nitrogens with two attached hydrogens (primary N) is 1. The molecule has 0 unspecified atom stereocenters. The lowest BCUT2D eigenvalue weighted by Gasteiger charge is -2.19. The summed E-state index contributed by atoms with van der Waals surface area (Å²) in [5.74, 6) is -0.184. The van der Waals surface area contributed by atoms with Crippen molar-refractivity contribution < 1.29 is 4.79 Å². The highest BCUT2D eigenvalue weighted by molar-refractivity contribution is 6.33. The molecule has 108 valence electrons. The van der Waals surface area contributed by atoms with Crippen molar-refractivity contribution in [1.29, 1.82) is 0 Å². The van der Waals surface area contributed by atoms with E-state index in [1.54, 1.807) is 0 Å². The molecule has 1 amide bonds. The van der Waals surface area contributed by atoms with Crippen LogP contribution >= 0.6 is 11.6 Å². The molecule has 0 aliphatic carbocycles. The Kier molecular flexibility index (Phi) is 3.72. The van der Waals surface area contributed by atoms with Gasteiger partial charge in [0.25, 0.3) is 5.91 Å². The first kappa shape index (κ1) is 13.8. The first-order chi connectivity index (χ1) is 10.1. The molecule has 4 N–H and O–H groups in total. The van der Waals surface area contributed by atoms with Gasteiger partial charge < -0.3 is 16.4 Å². The second kappa shape index (κ2) is 5.67. The fraction of sp³-hybridized carbons (Fsp3) is 0.214. The van der Waals surface area contributed by atoms with Gasteiger partial charge in [0.2, 0.25) is 5.95 Å². The molecule has 1 aromatic heterocycles. The molecule has 0 spiro atoms. The van der Waals surface area contributed by atoms with Gasteiger partial charge in [-0.1, -0.05) is 11.6 Å². The molecule has 1 aliphatic heterocycles. The van der Waals surface area contributed by atoms with Gasteiger partial charge in [-0.3, -0.25) is 4.79 Å². The van der Waals surface area contributed by atoms with Crippen LogP contribution in [0.1, 0.15) is 21.5 Å². The second-order valence-electron chi connectivity index (χ2n) is 4.81. The third-order valence-corrected chi connectivity index (χ3v) is 3.67. The lowest BCUT2D eigenvalue weighted by Crippen LogP contribution is -2.23. The topological polar surface area (TPSA) is 92.9 Å². The fourth-order valence-corrected chi connectivity index (χ4v) is 2.47. The maximum absolute atomic E-state index is 11.0. The summed E-state index contributed by atoms with van der Waals surface area (Å²) < 4.78 is 0. The summed E-state index contributed by atoms with van der Waals surface area (Å²) in [4.78, 5) is 19.1. The summed E-state index contributed by atoms with van der Waals surface area (Å²) in [7, 11) is 0. The zero-order chi connectivity index (χ0) is 14.8. The van der Waals surface area contributed by atoms with Crippen LogP contribution in [0, 0.1) is 0 Å². The fourth-order valence-electron chi connectivity index (χ4n) is 2.24. The number of hydrogen-bond acceptors (Lipinski definition) is 5. The van der Waals surface area contributed by atoms with Gasteiger partial charge in [-0.15, -0.1) is 0 Å². The summed E-state index contributed by atoms with van der Waals surface area (Å²) in [6.45, 7) is 1.79. The number of fused-ring (bicyclic) bond motifs is 1. The van der Waals surface area contributed by atoms with Crippen LogP contribution in [0.5, 0.6) is 0 Å². The molecule has 21 heavy (non-hydrogen) atoms. The summed E-state index contributed by atoms with van der Waals surface area (Å²) >= 11 is 6.27. The van der Waals surface area contributed by atoms with Gasteiger partial charge in [-0.05, 0) is 36.2 Å². The molecule has 0 saturated heterocycles. The monoisotopic (exact) mass is 303 g/mol. The van der Waals surface area contributed by atoms with Crippen LogP contribution < -0.4 is 16.4 Å². The quantitative estimate of drug-likeness (QED) is 0.801. The SMILES string of the molecule is NC(=O)c1cnc(Nc2cc3c(cc2Cl)CNCC3)nc1. The molecule has 0 radical (unpaired) electrons. The number of aromatic nitrogens is 2. The van der Waals surface area contributed by atoms with Gasteiger partial charge in [0.15, 0.2) is 0 Å². The summed E-state index contributed by atoms with van der Waals surface area (Å²) in [5.41, 5.74) is 8.64. The minimum Gasteiger partial charge on any atom is -0.366 e. The van der Waals surface area contributed by atoms with Crippen LogP contribution in [0.4, 0.5) is 11.6 Å². The van der Waals surface area contributed by atoms with E-state index in [4.69, 9.17) is 17.3 Å². The minimum atomic E-state index is -0.555. The van der Waals surface area contributed by atoms with E-state index >= 15 is 0 Å². The number of nitrogens with one attached hydrogen (secondary N) is 2. The van der Waals surface area contributed by atoms with Crippen LogP contribution in [0.25, 0.3) is 0 Å². The van der Waals surface area contributed by atoms with E-state index in [9.17, 15) is 4.79 Å². The van der Waals surface area contributed by atoms with Gasteiger partial charge in [-0.25, -0.2) is 9.97 Å². The molecule has 1 aromatic carbocycles. The molecule has 0 saturated carbocycles. The van der Waals surface area contributed by atoms with Gasteiger partial charge in [0.1, 0.15) is 0 Å². The van der Waals surface area contributed by atoms with Crippen molar-refractivity contribution in [2.75, 3.05) is 11.9 Å². The van der Waals surface area contributed by atoms with Crippen molar-refractivity contribution in [2.24, 2.45) is 5.73 Å². The standard InChI is InChI=1S/C14H14ClN5O/c15-11-3-9-5-17-2-1-8(9)4-12(11)20-14-18-6-10(7-19-14)13(16)21/h3-4,6-7,17H,1-2,5H2,(H2,16,21)(H,18,19,20).